The number of carbonyl (C=O) groups is 1. The lowest BCUT2D eigenvalue weighted by atomic mass is 10.1. The lowest BCUT2D eigenvalue weighted by Gasteiger charge is -2.05. The minimum absolute atomic E-state index is 0.0247. The number of amides is 1. The lowest BCUT2D eigenvalue weighted by Crippen LogP contribution is -2.14. The molecule has 3 aromatic rings. The van der Waals surface area contributed by atoms with Crippen LogP contribution >= 0.6 is 11.8 Å². The van der Waals surface area contributed by atoms with Gasteiger partial charge in [-0.2, -0.15) is 16.7 Å². The Morgan fingerprint density at radius 2 is 1.97 bits per heavy atom. The molecule has 0 aliphatic heterocycles. The fourth-order valence-corrected chi connectivity index (χ4v) is 3.72. The molecule has 3 rings (SSSR count). The number of halogens is 1. The van der Waals surface area contributed by atoms with Crippen molar-refractivity contribution in [3.63, 3.8) is 0 Å². The zero-order valence-electron chi connectivity index (χ0n) is 16.0. The number of nitrogens with two attached hydrogens (primary N) is 1. The maximum absolute atomic E-state index is 13.7. The summed E-state index contributed by atoms with van der Waals surface area (Å²) >= 11 is 1.44. The first-order chi connectivity index (χ1) is 14.2. The number of primary sulfonamides is 1. The average molecular weight is 451 g/mol. The third-order valence-electron chi connectivity index (χ3n) is 4.06. The fraction of sp³-hybridized carbons (Fsp3) is 0.211. The molecule has 0 aliphatic rings. The fourth-order valence-electron chi connectivity index (χ4n) is 2.44. The highest BCUT2D eigenvalue weighted by Gasteiger charge is 2.11. The molecule has 158 valence electrons. The number of aromatic nitrogens is 2. The van der Waals surface area contributed by atoms with Crippen molar-refractivity contribution >= 4 is 33.4 Å². The van der Waals surface area contributed by atoms with Gasteiger partial charge < -0.3 is 9.84 Å². The Morgan fingerprint density at radius 3 is 2.63 bits per heavy atom. The number of sulfonamides is 1. The van der Waals surface area contributed by atoms with E-state index >= 15 is 0 Å². The Hall–Kier alpha value is -2.76. The second-order valence-corrected chi connectivity index (χ2v) is 9.06. The Balaban J connectivity index is 1.44. The Labute approximate surface area is 177 Å². The topological polar surface area (TPSA) is 128 Å². The van der Waals surface area contributed by atoms with Crippen LogP contribution in [0.15, 0.2) is 51.9 Å². The van der Waals surface area contributed by atoms with Gasteiger partial charge in [0, 0.05) is 23.4 Å². The van der Waals surface area contributed by atoms with Crippen LogP contribution in [-0.4, -0.2) is 30.2 Å². The van der Waals surface area contributed by atoms with Gasteiger partial charge in [-0.1, -0.05) is 17.3 Å². The van der Waals surface area contributed by atoms with Crippen molar-refractivity contribution in [3.05, 3.63) is 59.7 Å². The van der Waals surface area contributed by atoms with E-state index in [1.165, 1.54) is 42.1 Å². The smallest absolute Gasteiger partial charge is 0.238 e. The highest BCUT2D eigenvalue weighted by molar-refractivity contribution is 7.98. The van der Waals surface area contributed by atoms with E-state index in [4.69, 9.17) is 9.66 Å². The van der Waals surface area contributed by atoms with Crippen molar-refractivity contribution in [2.24, 2.45) is 5.14 Å². The van der Waals surface area contributed by atoms with E-state index in [1.54, 1.807) is 19.1 Å². The third-order valence-corrected chi connectivity index (χ3v) is 5.94. The van der Waals surface area contributed by atoms with Gasteiger partial charge in [-0.05, 0) is 42.8 Å². The van der Waals surface area contributed by atoms with Crippen molar-refractivity contribution in [2.45, 2.75) is 24.0 Å². The van der Waals surface area contributed by atoms with Crippen LogP contribution in [0.2, 0.25) is 0 Å². The molecule has 2 aromatic carbocycles. The van der Waals surface area contributed by atoms with E-state index in [2.05, 4.69) is 15.5 Å². The van der Waals surface area contributed by atoms with Crippen molar-refractivity contribution < 1.29 is 22.1 Å². The number of carbonyl (C=O) groups excluding carboxylic acids is 1. The normalized spacial score (nSPS) is 11.4. The van der Waals surface area contributed by atoms with E-state index in [0.29, 0.717) is 40.0 Å². The van der Waals surface area contributed by atoms with E-state index < -0.39 is 10.0 Å². The number of hydrogen-bond donors (Lipinski definition) is 2. The van der Waals surface area contributed by atoms with E-state index in [0.717, 1.165) is 0 Å². The second-order valence-electron chi connectivity index (χ2n) is 6.40. The molecule has 0 radical (unpaired) electrons. The predicted octanol–water partition coefficient (Wildman–Crippen LogP) is 3.09. The van der Waals surface area contributed by atoms with Gasteiger partial charge in [0.15, 0.2) is 0 Å². The molecule has 11 heteroatoms. The zero-order chi connectivity index (χ0) is 21.7. The van der Waals surface area contributed by atoms with Crippen LogP contribution < -0.4 is 10.5 Å². The second kappa shape index (κ2) is 9.37. The molecule has 0 bridgehead atoms. The molecule has 0 spiro atoms. The molecule has 8 nitrogen and oxygen atoms in total. The number of aryl methyl sites for hydroxylation is 1. The summed E-state index contributed by atoms with van der Waals surface area (Å²) in [5, 5.41) is 11.6. The highest BCUT2D eigenvalue weighted by Crippen LogP contribution is 2.21. The van der Waals surface area contributed by atoms with Gasteiger partial charge >= 0.3 is 0 Å². The predicted molar refractivity (Wildman–Crippen MR) is 112 cm³/mol. The summed E-state index contributed by atoms with van der Waals surface area (Å²) in [6.07, 6.45) is 0.242. The van der Waals surface area contributed by atoms with Crippen molar-refractivity contribution in [1.29, 1.82) is 0 Å². The number of anilines is 1. The van der Waals surface area contributed by atoms with Gasteiger partial charge in [-0.25, -0.2) is 17.9 Å². The SMILES string of the molecule is Cc1ccc(-c2noc(CSCCC(=O)Nc3ccc(S(N)(=O)=O)cc3)n2)cc1F. The number of thioether (sulfide) groups is 1. The first-order valence-corrected chi connectivity index (χ1v) is 11.5. The summed E-state index contributed by atoms with van der Waals surface area (Å²) in [5.41, 5.74) is 1.55. The monoisotopic (exact) mass is 450 g/mol. The van der Waals surface area contributed by atoms with Gasteiger partial charge in [-0.15, -0.1) is 0 Å². The number of benzene rings is 2. The molecule has 0 unspecified atom stereocenters. The van der Waals surface area contributed by atoms with Crippen LogP contribution in [0.1, 0.15) is 17.9 Å². The molecule has 0 saturated heterocycles. The first-order valence-electron chi connectivity index (χ1n) is 8.82. The minimum Gasteiger partial charge on any atom is -0.338 e. The van der Waals surface area contributed by atoms with Crippen LogP contribution in [0.25, 0.3) is 11.4 Å². The van der Waals surface area contributed by atoms with Gasteiger partial charge in [-0.3, -0.25) is 4.79 Å². The molecule has 0 fully saturated rings. The molecule has 1 aromatic heterocycles. The summed E-state index contributed by atoms with van der Waals surface area (Å²) in [6, 6.07) is 10.3. The first kappa shape index (κ1) is 21.9. The summed E-state index contributed by atoms with van der Waals surface area (Å²) in [7, 11) is -3.77. The van der Waals surface area contributed by atoms with Crippen molar-refractivity contribution in [2.75, 3.05) is 11.1 Å². The van der Waals surface area contributed by atoms with Crippen LogP contribution in [0.4, 0.5) is 10.1 Å². The molecular weight excluding hydrogens is 431 g/mol. The molecule has 1 heterocycles. The average Bonchev–Trinajstić information content (AvgIpc) is 3.16. The molecule has 1 amide bonds. The Morgan fingerprint density at radius 1 is 1.23 bits per heavy atom. The summed E-state index contributed by atoms with van der Waals surface area (Å²) in [4.78, 5) is 16.2. The maximum Gasteiger partial charge on any atom is 0.238 e. The molecule has 0 saturated carbocycles. The van der Waals surface area contributed by atoms with Crippen LogP contribution in [0, 0.1) is 12.7 Å². The van der Waals surface area contributed by atoms with E-state index in [1.807, 2.05) is 0 Å². The van der Waals surface area contributed by atoms with Gasteiger partial charge in [0.05, 0.1) is 10.6 Å². The minimum atomic E-state index is -3.77. The highest BCUT2D eigenvalue weighted by atomic mass is 32.2. The maximum atomic E-state index is 13.7. The molecule has 0 aliphatic carbocycles. The van der Waals surface area contributed by atoms with Gasteiger partial charge in [0.2, 0.25) is 27.6 Å². The van der Waals surface area contributed by atoms with Crippen LogP contribution in [0.5, 0.6) is 0 Å². The number of hydrogen-bond acceptors (Lipinski definition) is 7. The van der Waals surface area contributed by atoms with Crippen molar-refractivity contribution in [3.8, 4) is 11.4 Å². The van der Waals surface area contributed by atoms with Gasteiger partial charge in [0.1, 0.15) is 5.82 Å². The quantitative estimate of drug-likeness (QED) is 0.505. The lowest BCUT2D eigenvalue weighted by molar-refractivity contribution is -0.115. The Bertz CT molecular complexity index is 1150. The number of nitrogens with zero attached hydrogens (tertiary/aromatic N) is 2. The summed E-state index contributed by atoms with van der Waals surface area (Å²) < 4.78 is 41.3. The third kappa shape index (κ3) is 5.88. The van der Waals surface area contributed by atoms with Crippen LogP contribution in [0.3, 0.4) is 0 Å². The molecule has 30 heavy (non-hydrogen) atoms. The summed E-state index contributed by atoms with van der Waals surface area (Å²) in [5.74, 6) is 1.07. The molecular formula is C19H19FN4O4S2. The number of rotatable bonds is 8. The molecule has 3 N–H and O–H groups in total. The zero-order valence-corrected chi connectivity index (χ0v) is 17.6. The largest absolute Gasteiger partial charge is 0.338 e. The van der Waals surface area contributed by atoms with Crippen molar-refractivity contribution in [1.82, 2.24) is 10.1 Å². The standard InChI is InChI=1S/C19H19FN4O4S2/c1-12-2-3-13(10-16(12)20)19-23-18(28-24-19)11-29-9-8-17(25)22-14-4-6-15(7-5-14)30(21,26)27/h2-7,10H,8-9,11H2,1H3,(H,22,25)(H2,21,26,27). The van der Waals surface area contributed by atoms with Crippen LogP contribution in [-0.2, 0) is 20.6 Å². The number of nitrogens with one attached hydrogen (secondary N) is 1. The van der Waals surface area contributed by atoms with E-state index in [-0.39, 0.29) is 23.0 Å². The Kier molecular flexibility index (Phi) is 6.85. The summed E-state index contributed by atoms with van der Waals surface area (Å²) in [6.45, 7) is 1.67. The molecule has 0 atom stereocenters. The van der Waals surface area contributed by atoms with Gasteiger partial charge in [0.25, 0.3) is 0 Å². The van der Waals surface area contributed by atoms with E-state index in [9.17, 15) is 17.6 Å².